The van der Waals surface area contributed by atoms with Crippen molar-refractivity contribution in [3.63, 3.8) is 0 Å². The van der Waals surface area contributed by atoms with Gasteiger partial charge in [-0.1, -0.05) is 22.0 Å². The van der Waals surface area contributed by atoms with Crippen LogP contribution in [0.1, 0.15) is 12.8 Å². The Balaban J connectivity index is 1.84. The molecule has 1 aromatic rings. The minimum absolute atomic E-state index is 0.203. The van der Waals surface area contributed by atoms with Crippen molar-refractivity contribution < 1.29 is 4.74 Å². The molecule has 1 aromatic carbocycles. The van der Waals surface area contributed by atoms with Crippen LogP contribution >= 0.6 is 15.9 Å². The fourth-order valence-corrected chi connectivity index (χ4v) is 1.79. The minimum Gasteiger partial charge on any atom is -0.492 e. The lowest BCUT2D eigenvalue weighted by Crippen LogP contribution is -2.29. The molecule has 76 valence electrons. The molecular weight excluding hydrogens is 242 g/mol. The summed E-state index contributed by atoms with van der Waals surface area (Å²) in [5.74, 6) is 1.58. The van der Waals surface area contributed by atoms with Gasteiger partial charge in [-0.25, -0.2) is 0 Å². The maximum atomic E-state index is 5.93. The molecule has 1 aliphatic carbocycles. The van der Waals surface area contributed by atoms with E-state index < -0.39 is 0 Å². The minimum atomic E-state index is 0.203. The first kappa shape index (κ1) is 9.99. The van der Waals surface area contributed by atoms with E-state index in [2.05, 4.69) is 15.9 Å². The first-order chi connectivity index (χ1) is 6.75. The largest absolute Gasteiger partial charge is 0.492 e. The molecule has 3 heteroatoms. The second-order valence-electron chi connectivity index (χ2n) is 3.77. The second-order valence-corrected chi connectivity index (χ2v) is 4.69. The first-order valence-corrected chi connectivity index (χ1v) is 5.69. The summed E-state index contributed by atoms with van der Waals surface area (Å²) in [6.45, 7) is 0.626. The molecule has 2 rings (SSSR count). The molecule has 1 fully saturated rings. The molecule has 0 aliphatic heterocycles. The Morgan fingerprint density at radius 2 is 2.29 bits per heavy atom. The van der Waals surface area contributed by atoms with Crippen molar-refractivity contribution in [2.24, 2.45) is 11.7 Å². The molecule has 2 N–H and O–H groups in total. The van der Waals surface area contributed by atoms with Gasteiger partial charge in [0.1, 0.15) is 12.4 Å². The Labute approximate surface area is 92.6 Å². The standard InChI is InChI=1S/C11H14BrNO/c12-9-2-1-3-10(6-9)14-7-11(13)8-4-5-8/h1-3,6,8,11H,4-5,7,13H2. The van der Waals surface area contributed by atoms with Crippen molar-refractivity contribution >= 4 is 15.9 Å². The van der Waals surface area contributed by atoms with Gasteiger partial charge in [0.2, 0.25) is 0 Å². The normalized spacial score (nSPS) is 17.9. The van der Waals surface area contributed by atoms with Crippen molar-refractivity contribution in [2.75, 3.05) is 6.61 Å². The predicted octanol–water partition coefficient (Wildman–Crippen LogP) is 2.57. The Morgan fingerprint density at radius 3 is 2.93 bits per heavy atom. The highest BCUT2D eigenvalue weighted by molar-refractivity contribution is 9.10. The third kappa shape index (κ3) is 2.72. The van der Waals surface area contributed by atoms with Gasteiger partial charge in [-0.15, -0.1) is 0 Å². The van der Waals surface area contributed by atoms with E-state index in [0.717, 1.165) is 10.2 Å². The topological polar surface area (TPSA) is 35.2 Å². The zero-order valence-electron chi connectivity index (χ0n) is 7.95. The molecule has 1 saturated carbocycles. The maximum Gasteiger partial charge on any atom is 0.120 e. The van der Waals surface area contributed by atoms with Crippen LogP contribution in [0.15, 0.2) is 28.7 Å². The fraction of sp³-hybridized carbons (Fsp3) is 0.455. The molecule has 0 saturated heterocycles. The van der Waals surface area contributed by atoms with Gasteiger partial charge in [-0.2, -0.15) is 0 Å². The maximum absolute atomic E-state index is 5.93. The van der Waals surface area contributed by atoms with Crippen molar-refractivity contribution in [3.8, 4) is 5.75 Å². The highest BCUT2D eigenvalue weighted by Gasteiger charge is 2.28. The van der Waals surface area contributed by atoms with Crippen molar-refractivity contribution in [3.05, 3.63) is 28.7 Å². The lowest BCUT2D eigenvalue weighted by atomic mass is 10.2. The number of rotatable bonds is 4. The van der Waals surface area contributed by atoms with Crippen LogP contribution in [-0.4, -0.2) is 12.6 Å². The summed E-state index contributed by atoms with van der Waals surface area (Å²) in [6.07, 6.45) is 2.53. The van der Waals surface area contributed by atoms with Crippen LogP contribution in [0, 0.1) is 5.92 Å². The molecule has 0 aromatic heterocycles. The molecule has 1 aliphatic rings. The molecule has 1 unspecified atom stereocenters. The monoisotopic (exact) mass is 255 g/mol. The van der Waals surface area contributed by atoms with E-state index in [1.807, 2.05) is 24.3 Å². The lowest BCUT2D eigenvalue weighted by Gasteiger charge is -2.12. The van der Waals surface area contributed by atoms with Crippen LogP contribution in [0.2, 0.25) is 0 Å². The van der Waals surface area contributed by atoms with Crippen LogP contribution in [0.5, 0.6) is 5.75 Å². The quantitative estimate of drug-likeness (QED) is 0.898. The molecule has 0 radical (unpaired) electrons. The van der Waals surface area contributed by atoms with E-state index in [1.54, 1.807) is 0 Å². The summed E-state index contributed by atoms with van der Waals surface area (Å²) in [5.41, 5.74) is 5.93. The number of benzene rings is 1. The van der Waals surface area contributed by atoms with E-state index in [1.165, 1.54) is 12.8 Å². The Hall–Kier alpha value is -0.540. The Morgan fingerprint density at radius 1 is 1.50 bits per heavy atom. The third-order valence-electron chi connectivity index (χ3n) is 2.47. The summed E-state index contributed by atoms with van der Waals surface area (Å²) >= 11 is 3.40. The van der Waals surface area contributed by atoms with Crippen LogP contribution in [0.25, 0.3) is 0 Å². The Bertz CT molecular complexity index is 312. The van der Waals surface area contributed by atoms with E-state index >= 15 is 0 Å². The van der Waals surface area contributed by atoms with E-state index in [9.17, 15) is 0 Å². The summed E-state index contributed by atoms with van der Waals surface area (Å²) in [7, 11) is 0. The zero-order chi connectivity index (χ0) is 9.97. The second kappa shape index (κ2) is 4.32. The van der Waals surface area contributed by atoms with Gasteiger partial charge in [0.25, 0.3) is 0 Å². The predicted molar refractivity (Wildman–Crippen MR) is 60.3 cm³/mol. The molecule has 0 bridgehead atoms. The number of ether oxygens (including phenoxy) is 1. The van der Waals surface area contributed by atoms with Gasteiger partial charge in [-0.05, 0) is 37.0 Å². The van der Waals surface area contributed by atoms with Gasteiger partial charge >= 0.3 is 0 Å². The molecule has 1 atom stereocenters. The van der Waals surface area contributed by atoms with Gasteiger partial charge in [-0.3, -0.25) is 0 Å². The summed E-state index contributed by atoms with van der Waals surface area (Å²) in [6, 6.07) is 8.05. The molecule has 0 spiro atoms. The van der Waals surface area contributed by atoms with Crippen LogP contribution in [0.4, 0.5) is 0 Å². The molecule has 14 heavy (non-hydrogen) atoms. The van der Waals surface area contributed by atoms with Gasteiger partial charge in [0.15, 0.2) is 0 Å². The number of halogens is 1. The average molecular weight is 256 g/mol. The van der Waals surface area contributed by atoms with Crippen molar-refractivity contribution in [1.29, 1.82) is 0 Å². The average Bonchev–Trinajstić information content (AvgIpc) is 2.97. The third-order valence-corrected chi connectivity index (χ3v) is 2.96. The fourth-order valence-electron chi connectivity index (χ4n) is 1.41. The number of hydrogen-bond donors (Lipinski definition) is 1. The molecule has 0 amide bonds. The van der Waals surface area contributed by atoms with E-state index in [-0.39, 0.29) is 6.04 Å². The van der Waals surface area contributed by atoms with Crippen molar-refractivity contribution in [2.45, 2.75) is 18.9 Å². The van der Waals surface area contributed by atoms with Crippen LogP contribution < -0.4 is 10.5 Å². The molecule has 0 heterocycles. The van der Waals surface area contributed by atoms with Gasteiger partial charge in [0, 0.05) is 10.5 Å². The Kier molecular flexibility index (Phi) is 3.08. The summed E-state index contributed by atoms with van der Waals surface area (Å²) in [5, 5.41) is 0. The highest BCUT2D eigenvalue weighted by Crippen LogP contribution is 2.31. The van der Waals surface area contributed by atoms with Gasteiger partial charge in [0.05, 0.1) is 0 Å². The van der Waals surface area contributed by atoms with E-state index in [4.69, 9.17) is 10.5 Å². The smallest absolute Gasteiger partial charge is 0.120 e. The SMILES string of the molecule is NC(COc1cccc(Br)c1)C1CC1. The van der Waals surface area contributed by atoms with Crippen molar-refractivity contribution in [1.82, 2.24) is 0 Å². The molecular formula is C11H14BrNO. The van der Waals surface area contributed by atoms with Gasteiger partial charge < -0.3 is 10.5 Å². The zero-order valence-corrected chi connectivity index (χ0v) is 9.53. The number of hydrogen-bond acceptors (Lipinski definition) is 2. The summed E-state index contributed by atoms with van der Waals surface area (Å²) in [4.78, 5) is 0. The van der Waals surface area contributed by atoms with Crippen LogP contribution in [-0.2, 0) is 0 Å². The van der Waals surface area contributed by atoms with E-state index in [0.29, 0.717) is 12.5 Å². The first-order valence-electron chi connectivity index (χ1n) is 4.89. The highest BCUT2D eigenvalue weighted by atomic mass is 79.9. The van der Waals surface area contributed by atoms with Crippen LogP contribution in [0.3, 0.4) is 0 Å². The summed E-state index contributed by atoms with van der Waals surface area (Å²) < 4.78 is 6.63. The number of nitrogens with two attached hydrogens (primary N) is 1. The lowest BCUT2D eigenvalue weighted by molar-refractivity contribution is 0.276. The molecule has 2 nitrogen and oxygen atoms in total.